The van der Waals surface area contributed by atoms with Crippen LogP contribution in [0.5, 0.6) is 0 Å². The van der Waals surface area contributed by atoms with Crippen LogP contribution in [0.3, 0.4) is 0 Å². The van der Waals surface area contributed by atoms with E-state index < -0.39 is 0 Å². The second-order valence-electron chi connectivity index (χ2n) is 5.28. The fourth-order valence-electron chi connectivity index (χ4n) is 2.32. The van der Waals surface area contributed by atoms with Gasteiger partial charge in [-0.25, -0.2) is 4.98 Å². The average molecular weight is 309 g/mol. The Hall–Kier alpha value is -2.66. The average Bonchev–Trinajstić information content (AvgIpc) is 2.98. The Morgan fingerprint density at radius 2 is 1.96 bits per heavy atom. The predicted octanol–water partition coefficient (Wildman–Crippen LogP) is 2.21. The molecule has 0 unspecified atom stereocenters. The lowest BCUT2D eigenvalue weighted by atomic mass is 10.2. The third-order valence-corrected chi connectivity index (χ3v) is 3.46. The summed E-state index contributed by atoms with van der Waals surface area (Å²) in [5.74, 6) is -0.107. The number of nitrogens with zero attached hydrogens (tertiary/aromatic N) is 2. The van der Waals surface area contributed by atoms with E-state index >= 15 is 0 Å². The summed E-state index contributed by atoms with van der Waals surface area (Å²) in [6.45, 7) is 1.07. The number of amides is 1. The van der Waals surface area contributed by atoms with Gasteiger partial charge in [-0.2, -0.15) is 0 Å². The van der Waals surface area contributed by atoms with E-state index in [0.717, 1.165) is 16.9 Å². The van der Waals surface area contributed by atoms with Crippen molar-refractivity contribution in [3.63, 3.8) is 0 Å². The summed E-state index contributed by atoms with van der Waals surface area (Å²) in [5, 5.41) is 2.85. The number of hydrogen-bond acceptors (Lipinski definition) is 3. The van der Waals surface area contributed by atoms with Crippen LogP contribution in [0.1, 0.15) is 11.3 Å². The highest BCUT2D eigenvalue weighted by atomic mass is 16.5. The summed E-state index contributed by atoms with van der Waals surface area (Å²) in [4.78, 5) is 16.2. The molecule has 0 fully saturated rings. The molecule has 5 heteroatoms. The van der Waals surface area contributed by atoms with Gasteiger partial charge < -0.3 is 14.5 Å². The summed E-state index contributed by atoms with van der Waals surface area (Å²) >= 11 is 0. The molecule has 0 spiro atoms. The molecule has 5 nitrogen and oxygen atoms in total. The van der Waals surface area contributed by atoms with Crippen molar-refractivity contribution in [3.8, 4) is 0 Å². The number of nitrogens with one attached hydrogen (secondary N) is 1. The summed E-state index contributed by atoms with van der Waals surface area (Å²) in [6.07, 6.45) is 4.64. The van der Waals surface area contributed by atoms with Gasteiger partial charge in [-0.15, -0.1) is 0 Å². The third kappa shape index (κ3) is 4.40. The molecule has 0 saturated carbocycles. The Labute approximate surface area is 134 Å². The van der Waals surface area contributed by atoms with Crippen LogP contribution in [0.15, 0.2) is 60.9 Å². The van der Waals surface area contributed by atoms with E-state index in [-0.39, 0.29) is 12.5 Å². The number of imidazole rings is 1. The van der Waals surface area contributed by atoms with Gasteiger partial charge in [-0.3, -0.25) is 4.79 Å². The standard InChI is InChI=1S/C18H19N3O2/c22-18(14-23-13-15-6-2-1-3-7-15)19-10-9-16-12-21-11-5-4-8-17(21)20-16/h1-8,11-12H,9-10,13-14H2,(H,19,22). The topological polar surface area (TPSA) is 55.6 Å². The molecule has 0 bridgehead atoms. The number of carbonyl (C=O) groups excluding carboxylic acids is 1. The van der Waals surface area contributed by atoms with Gasteiger partial charge in [0.1, 0.15) is 12.3 Å². The van der Waals surface area contributed by atoms with Gasteiger partial charge in [0.2, 0.25) is 5.91 Å². The molecular formula is C18H19N3O2. The molecular weight excluding hydrogens is 290 g/mol. The van der Waals surface area contributed by atoms with Crippen molar-refractivity contribution >= 4 is 11.6 Å². The van der Waals surface area contributed by atoms with Crippen molar-refractivity contribution in [2.75, 3.05) is 13.2 Å². The Bertz CT molecular complexity index is 735. The highest BCUT2D eigenvalue weighted by Crippen LogP contribution is 2.04. The van der Waals surface area contributed by atoms with E-state index in [0.29, 0.717) is 19.6 Å². The highest BCUT2D eigenvalue weighted by molar-refractivity contribution is 5.77. The zero-order valence-electron chi connectivity index (χ0n) is 12.8. The Kier molecular flexibility index (Phi) is 5.01. The smallest absolute Gasteiger partial charge is 0.246 e. The number of pyridine rings is 1. The lowest BCUT2D eigenvalue weighted by molar-refractivity contribution is -0.126. The fourth-order valence-corrected chi connectivity index (χ4v) is 2.32. The minimum Gasteiger partial charge on any atom is -0.367 e. The maximum atomic E-state index is 11.7. The number of fused-ring (bicyclic) bond motifs is 1. The molecule has 2 heterocycles. The van der Waals surface area contributed by atoms with Crippen molar-refractivity contribution in [3.05, 3.63) is 72.2 Å². The summed E-state index contributed by atoms with van der Waals surface area (Å²) in [7, 11) is 0. The molecule has 23 heavy (non-hydrogen) atoms. The van der Waals surface area contributed by atoms with E-state index in [2.05, 4.69) is 10.3 Å². The first-order valence-electron chi connectivity index (χ1n) is 7.62. The summed E-state index contributed by atoms with van der Waals surface area (Å²) < 4.78 is 7.37. The Morgan fingerprint density at radius 3 is 2.78 bits per heavy atom. The van der Waals surface area contributed by atoms with E-state index in [1.54, 1.807) is 0 Å². The van der Waals surface area contributed by atoms with Crippen molar-refractivity contribution in [1.82, 2.24) is 14.7 Å². The number of aromatic nitrogens is 2. The third-order valence-electron chi connectivity index (χ3n) is 3.46. The highest BCUT2D eigenvalue weighted by Gasteiger charge is 2.04. The van der Waals surface area contributed by atoms with Gasteiger partial charge in [0.05, 0.1) is 12.3 Å². The van der Waals surface area contributed by atoms with Gasteiger partial charge >= 0.3 is 0 Å². The maximum absolute atomic E-state index is 11.7. The van der Waals surface area contributed by atoms with E-state index in [1.165, 1.54) is 0 Å². The van der Waals surface area contributed by atoms with Gasteiger partial charge in [0.25, 0.3) is 0 Å². The maximum Gasteiger partial charge on any atom is 0.246 e. The monoisotopic (exact) mass is 309 g/mol. The Balaban J connectivity index is 1.37. The van der Waals surface area contributed by atoms with Crippen molar-refractivity contribution in [2.45, 2.75) is 13.0 Å². The lowest BCUT2D eigenvalue weighted by Crippen LogP contribution is -2.29. The first-order chi connectivity index (χ1) is 11.3. The van der Waals surface area contributed by atoms with E-state index in [4.69, 9.17) is 4.74 Å². The van der Waals surface area contributed by atoms with Crippen molar-refractivity contribution < 1.29 is 9.53 Å². The van der Waals surface area contributed by atoms with Crippen LogP contribution in [-0.2, 0) is 22.6 Å². The summed E-state index contributed by atoms with van der Waals surface area (Å²) in [5.41, 5.74) is 2.94. The zero-order chi connectivity index (χ0) is 15.9. The van der Waals surface area contributed by atoms with Crippen molar-refractivity contribution in [2.24, 2.45) is 0 Å². The first-order valence-corrected chi connectivity index (χ1v) is 7.62. The van der Waals surface area contributed by atoms with Crippen LogP contribution < -0.4 is 5.32 Å². The van der Waals surface area contributed by atoms with E-state index in [9.17, 15) is 4.79 Å². The molecule has 0 aliphatic carbocycles. The van der Waals surface area contributed by atoms with Crippen LogP contribution >= 0.6 is 0 Å². The van der Waals surface area contributed by atoms with E-state index in [1.807, 2.05) is 65.3 Å². The fraction of sp³-hybridized carbons (Fsp3) is 0.222. The molecule has 3 rings (SSSR count). The van der Waals surface area contributed by atoms with Crippen LogP contribution in [0.2, 0.25) is 0 Å². The lowest BCUT2D eigenvalue weighted by Gasteiger charge is -2.05. The number of rotatable bonds is 7. The molecule has 118 valence electrons. The minimum absolute atomic E-state index is 0.0695. The number of carbonyl (C=O) groups is 1. The van der Waals surface area contributed by atoms with Gasteiger partial charge in [-0.05, 0) is 17.7 Å². The van der Waals surface area contributed by atoms with Crippen LogP contribution in [0.4, 0.5) is 0 Å². The van der Waals surface area contributed by atoms with Crippen LogP contribution in [0, 0.1) is 0 Å². The summed E-state index contributed by atoms with van der Waals surface area (Å²) in [6, 6.07) is 15.7. The largest absolute Gasteiger partial charge is 0.367 e. The molecule has 3 aromatic rings. The van der Waals surface area contributed by atoms with Gasteiger partial charge in [-0.1, -0.05) is 36.4 Å². The number of ether oxygens (including phenoxy) is 1. The van der Waals surface area contributed by atoms with Crippen LogP contribution in [-0.4, -0.2) is 28.4 Å². The molecule has 0 radical (unpaired) electrons. The molecule has 0 saturated heterocycles. The van der Waals surface area contributed by atoms with Crippen LogP contribution in [0.25, 0.3) is 5.65 Å². The van der Waals surface area contributed by atoms with Gasteiger partial charge in [0, 0.05) is 25.4 Å². The zero-order valence-corrected chi connectivity index (χ0v) is 12.8. The molecule has 1 N–H and O–H groups in total. The number of benzene rings is 1. The predicted molar refractivity (Wildman–Crippen MR) is 88.0 cm³/mol. The quantitative estimate of drug-likeness (QED) is 0.728. The van der Waals surface area contributed by atoms with Crippen molar-refractivity contribution in [1.29, 1.82) is 0 Å². The molecule has 0 aliphatic rings. The first kappa shape index (κ1) is 15.2. The Morgan fingerprint density at radius 1 is 1.13 bits per heavy atom. The normalized spacial score (nSPS) is 10.8. The second kappa shape index (κ2) is 7.56. The minimum atomic E-state index is -0.107. The molecule has 0 atom stereocenters. The second-order valence-corrected chi connectivity index (χ2v) is 5.28. The molecule has 0 aliphatic heterocycles. The SMILES string of the molecule is O=C(COCc1ccccc1)NCCc1cn2ccccc2n1. The number of hydrogen-bond donors (Lipinski definition) is 1. The molecule has 2 aromatic heterocycles. The molecule has 1 aromatic carbocycles. The van der Waals surface area contributed by atoms with Gasteiger partial charge in [0.15, 0.2) is 0 Å². The molecule has 1 amide bonds.